The van der Waals surface area contributed by atoms with E-state index in [2.05, 4.69) is 0 Å². The Bertz CT molecular complexity index is 988. The zero-order valence-electron chi connectivity index (χ0n) is 20.6. The molecule has 0 bridgehead atoms. The molecular formula is C26H33NO8. The fraction of sp³-hybridized carbons (Fsp3) is 0.654. The maximum Gasteiger partial charge on any atom is 0.352 e. The van der Waals surface area contributed by atoms with Crippen LogP contribution in [0, 0.1) is 0 Å². The summed E-state index contributed by atoms with van der Waals surface area (Å²) in [6, 6.07) is 8.13. The smallest absolute Gasteiger partial charge is 0.352 e. The number of carbonyl (C=O) groups is 3. The summed E-state index contributed by atoms with van der Waals surface area (Å²) in [6.07, 6.45) is 0.958. The standard InChI is InChI=1S/C26H33NO8/c1-15(28)27-18-20(32-24(30)19(31-16(2)29)17-11-7-5-8-12-17)22-23(21(18)33-25(27,3)4)35-26(34-22)13-9-6-10-14-26/h5,7-8,11-12,18-23H,6,9-10,13-14H2,1-4H3/t18-,19+,20+,21-,22-,23+/m1/s1. The third-order valence-electron chi connectivity index (χ3n) is 7.46. The Balaban J connectivity index is 1.47. The number of benzene rings is 1. The van der Waals surface area contributed by atoms with E-state index in [0.717, 1.165) is 32.1 Å². The van der Waals surface area contributed by atoms with Gasteiger partial charge in [0.05, 0.1) is 0 Å². The molecule has 1 aromatic carbocycles. The zero-order chi connectivity index (χ0) is 25.0. The Labute approximate surface area is 205 Å². The second-order valence-corrected chi connectivity index (χ2v) is 10.3. The van der Waals surface area contributed by atoms with Gasteiger partial charge in [0, 0.05) is 32.3 Å². The molecule has 2 saturated heterocycles. The first-order valence-corrected chi connectivity index (χ1v) is 12.4. The van der Waals surface area contributed by atoms with Crippen molar-refractivity contribution in [2.24, 2.45) is 0 Å². The first kappa shape index (κ1) is 24.2. The monoisotopic (exact) mass is 487 g/mol. The maximum atomic E-state index is 13.5. The summed E-state index contributed by atoms with van der Waals surface area (Å²) in [5.41, 5.74) is -0.408. The molecule has 9 nitrogen and oxygen atoms in total. The fourth-order valence-electron chi connectivity index (χ4n) is 6.21. The summed E-state index contributed by atoms with van der Waals surface area (Å²) in [7, 11) is 0. The van der Waals surface area contributed by atoms with Gasteiger partial charge in [0.2, 0.25) is 12.0 Å². The van der Waals surface area contributed by atoms with E-state index in [4.69, 9.17) is 23.7 Å². The zero-order valence-corrected chi connectivity index (χ0v) is 20.6. The first-order valence-electron chi connectivity index (χ1n) is 12.4. The molecule has 2 aliphatic heterocycles. The number of ether oxygens (including phenoxy) is 5. The van der Waals surface area contributed by atoms with Crippen LogP contribution in [0.1, 0.15) is 71.5 Å². The summed E-state index contributed by atoms with van der Waals surface area (Å²) in [6.45, 7) is 6.35. The van der Waals surface area contributed by atoms with E-state index in [0.29, 0.717) is 5.56 Å². The quantitative estimate of drug-likeness (QED) is 0.598. The molecule has 9 heteroatoms. The van der Waals surface area contributed by atoms with Crippen molar-refractivity contribution in [3.63, 3.8) is 0 Å². The normalized spacial score (nSPS) is 33.1. The molecule has 1 amide bonds. The topological polar surface area (TPSA) is 101 Å². The van der Waals surface area contributed by atoms with Gasteiger partial charge in [-0.15, -0.1) is 0 Å². The minimum absolute atomic E-state index is 0.199. The predicted octanol–water partition coefficient (Wildman–Crippen LogP) is 3.01. The lowest BCUT2D eigenvalue weighted by atomic mass is 9.94. The van der Waals surface area contributed by atoms with Crippen LogP contribution in [0.15, 0.2) is 30.3 Å². The molecule has 5 rings (SSSR count). The molecule has 4 aliphatic rings. The molecule has 1 spiro atoms. The largest absolute Gasteiger partial charge is 0.454 e. The van der Waals surface area contributed by atoms with E-state index in [-0.39, 0.29) is 5.91 Å². The number of carbonyl (C=O) groups excluding carboxylic acids is 3. The average Bonchev–Trinajstić information content (AvgIpc) is 3.38. The maximum absolute atomic E-state index is 13.5. The molecule has 0 radical (unpaired) electrons. The van der Waals surface area contributed by atoms with Crippen molar-refractivity contribution in [1.82, 2.24) is 4.90 Å². The van der Waals surface area contributed by atoms with Crippen LogP contribution in [-0.4, -0.2) is 64.7 Å². The van der Waals surface area contributed by atoms with Gasteiger partial charge in [0.1, 0.15) is 30.1 Å². The number of hydrogen-bond donors (Lipinski definition) is 0. The van der Waals surface area contributed by atoms with Gasteiger partial charge in [0.25, 0.3) is 0 Å². The van der Waals surface area contributed by atoms with E-state index in [1.807, 2.05) is 19.9 Å². The Morgan fingerprint density at radius 1 is 0.943 bits per heavy atom. The minimum Gasteiger partial charge on any atom is -0.454 e. The Morgan fingerprint density at radius 2 is 1.60 bits per heavy atom. The molecule has 6 atom stereocenters. The van der Waals surface area contributed by atoms with E-state index in [9.17, 15) is 14.4 Å². The predicted molar refractivity (Wildman–Crippen MR) is 122 cm³/mol. The van der Waals surface area contributed by atoms with Crippen LogP contribution < -0.4 is 0 Å². The van der Waals surface area contributed by atoms with Crippen LogP contribution in [0.4, 0.5) is 0 Å². The van der Waals surface area contributed by atoms with E-state index >= 15 is 0 Å². The van der Waals surface area contributed by atoms with Crippen molar-refractivity contribution in [2.45, 2.75) is 108 Å². The van der Waals surface area contributed by atoms with Crippen molar-refractivity contribution in [1.29, 1.82) is 0 Å². The van der Waals surface area contributed by atoms with Crippen molar-refractivity contribution in [2.75, 3.05) is 0 Å². The van der Waals surface area contributed by atoms with Crippen molar-refractivity contribution in [3.05, 3.63) is 35.9 Å². The molecule has 2 heterocycles. The summed E-state index contributed by atoms with van der Waals surface area (Å²) in [4.78, 5) is 39.6. The number of fused-ring (bicyclic) bond motifs is 3. The highest BCUT2D eigenvalue weighted by atomic mass is 16.8. The molecule has 2 saturated carbocycles. The summed E-state index contributed by atoms with van der Waals surface area (Å²) in [5.74, 6) is -2.25. The van der Waals surface area contributed by atoms with E-state index in [1.54, 1.807) is 29.2 Å². The first-order chi connectivity index (χ1) is 16.6. The Kier molecular flexibility index (Phi) is 6.14. The van der Waals surface area contributed by atoms with Gasteiger partial charge < -0.3 is 28.6 Å². The van der Waals surface area contributed by atoms with Crippen LogP contribution in [0.5, 0.6) is 0 Å². The third-order valence-corrected chi connectivity index (χ3v) is 7.46. The molecule has 35 heavy (non-hydrogen) atoms. The van der Waals surface area contributed by atoms with Crippen LogP contribution in [-0.2, 0) is 38.1 Å². The molecule has 190 valence electrons. The van der Waals surface area contributed by atoms with Crippen LogP contribution in [0.2, 0.25) is 0 Å². The fourth-order valence-corrected chi connectivity index (χ4v) is 6.21. The van der Waals surface area contributed by atoms with Gasteiger partial charge in [-0.25, -0.2) is 4.79 Å². The van der Waals surface area contributed by atoms with Crippen LogP contribution in [0.25, 0.3) is 0 Å². The van der Waals surface area contributed by atoms with Gasteiger partial charge in [-0.1, -0.05) is 36.8 Å². The third kappa shape index (κ3) is 4.23. The summed E-state index contributed by atoms with van der Waals surface area (Å²) in [5, 5.41) is 0. The lowest BCUT2D eigenvalue weighted by Gasteiger charge is -2.37. The molecule has 0 aromatic heterocycles. The van der Waals surface area contributed by atoms with Crippen LogP contribution in [0.3, 0.4) is 0 Å². The second-order valence-electron chi connectivity index (χ2n) is 10.3. The number of hydrogen-bond acceptors (Lipinski definition) is 8. The summed E-state index contributed by atoms with van der Waals surface area (Å²) >= 11 is 0. The van der Waals surface area contributed by atoms with E-state index < -0.39 is 60.0 Å². The SMILES string of the molecule is CC(=O)O[C@H](C(=O)O[C@@H]1[C@H]2OC3(CCCCC3)O[C@H]2[C@@H]2OC(C)(C)N(C(C)=O)[C@H]12)c1ccccc1. The molecular weight excluding hydrogens is 454 g/mol. The Morgan fingerprint density at radius 3 is 2.23 bits per heavy atom. The highest BCUT2D eigenvalue weighted by molar-refractivity contribution is 5.80. The molecule has 4 fully saturated rings. The number of esters is 2. The molecule has 2 aliphatic carbocycles. The summed E-state index contributed by atoms with van der Waals surface area (Å²) < 4.78 is 30.8. The van der Waals surface area contributed by atoms with Crippen molar-refractivity contribution >= 4 is 17.8 Å². The molecule has 0 N–H and O–H groups in total. The van der Waals surface area contributed by atoms with Gasteiger partial charge >= 0.3 is 11.9 Å². The lowest BCUT2D eigenvalue weighted by Crippen LogP contribution is -2.54. The van der Waals surface area contributed by atoms with Crippen molar-refractivity contribution in [3.8, 4) is 0 Å². The van der Waals surface area contributed by atoms with Gasteiger partial charge in [-0.05, 0) is 26.7 Å². The number of amides is 1. The van der Waals surface area contributed by atoms with E-state index in [1.165, 1.54) is 13.8 Å². The number of rotatable bonds is 4. The second kappa shape index (κ2) is 8.87. The highest BCUT2D eigenvalue weighted by Gasteiger charge is 2.70. The van der Waals surface area contributed by atoms with Gasteiger partial charge in [-0.2, -0.15) is 0 Å². The molecule has 1 aromatic rings. The van der Waals surface area contributed by atoms with Gasteiger partial charge in [-0.3, -0.25) is 9.59 Å². The Hall–Kier alpha value is -2.49. The minimum atomic E-state index is -1.24. The average molecular weight is 488 g/mol. The molecule has 0 unspecified atom stereocenters. The number of nitrogens with zero attached hydrogens (tertiary/aromatic N) is 1. The van der Waals surface area contributed by atoms with Crippen molar-refractivity contribution < 1.29 is 38.1 Å². The van der Waals surface area contributed by atoms with Crippen LogP contribution >= 0.6 is 0 Å². The van der Waals surface area contributed by atoms with Gasteiger partial charge in [0.15, 0.2) is 11.9 Å². The highest BCUT2D eigenvalue weighted by Crippen LogP contribution is 2.52. The lowest BCUT2D eigenvalue weighted by molar-refractivity contribution is -0.219.